The van der Waals surface area contributed by atoms with Crippen LogP contribution in [0.25, 0.3) is 0 Å². The van der Waals surface area contributed by atoms with Gasteiger partial charge in [0.1, 0.15) is 6.04 Å². The maximum absolute atomic E-state index is 13.1. The minimum absolute atomic E-state index is 0.146. The molecule has 2 rings (SSSR count). The summed E-state index contributed by atoms with van der Waals surface area (Å²) >= 11 is 0. The second-order valence-corrected chi connectivity index (χ2v) is 7.89. The first-order valence-corrected chi connectivity index (χ1v) is 9.75. The topological polar surface area (TPSA) is 35.6 Å². The molecule has 2 atom stereocenters. The minimum atomic E-state index is -0.178. The Morgan fingerprint density at radius 2 is 1.68 bits per heavy atom. The average Bonchev–Trinajstić information content (AvgIpc) is 2.57. The maximum atomic E-state index is 13.1. The summed E-state index contributed by atoms with van der Waals surface area (Å²) in [6.45, 7) is 10.5. The van der Waals surface area contributed by atoms with Crippen molar-refractivity contribution in [3.8, 4) is 0 Å². The van der Waals surface area contributed by atoms with Gasteiger partial charge in [-0.1, -0.05) is 57.0 Å². The standard InChI is InChI=1S/C21H35N3O/c1-17(2)9-8-10-18(3)22-21(25)20(19-11-6-5-7-12-19)24-15-13-23(4)14-16-24/h5-7,11-12,17-18,20H,8-10,13-16H2,1-4H3,(H,22,25)/t18-,20+/m1/s1. The van der Waals surface area contributed by atoms with Crippen molar-refractivity contribution in [1.82, 2.24) is 15.1 Å². The first kappa shape index (κ1) is 19.9. The van der Waals surface area contributed by atoms with E-state index < -0.39 is 0 Å². The Morgan fingerprint density at radius 1 is 1.04 bits per heavy atom. The number of hydrogen-bond donors (Lipinski definition) is 1. The molecule has 0 aliphatic carbocycles. The molecule has 0 saturated carbocycles. The largest absolute Gasteiger partial charge is 0.352 e. The molecule has 0 spiro atoms. The number of likely N-dealkylation sites (N-methyl/N-ethyl adjacent to an activating group) is 1. The number of benzene rings is 1. The maximum Gasteiger partial charge on any atom is 0.242 e. The quantitative estimate of drug-likeness (QED) is 0.785. The van der Waals surface area contributed by atoms with E-state index in [-0.39, 0.29) is 18.0 Å². The van der Waals surface area contributed by atoms with E-state index in [1.807, 2.05) is 18.2 Å². The lowest BCUT2D eigenvalue weighted by Crippen LogP contribution is -2.50. The van der Waals surface area contributed by atoms with Crippen LogP contribution in [0, 0.1) is 5.92 Å². The minimum Gasteiger partial charge on any atom is -0.352 e. The van der Waals surface area contributed by atoms with Crippen molar-refractivity contribution >= 4 is 5.91 Å². The van der Waals surface area contributed by atoms with E-state index in [0.717, 1.165) is 44.1 Å². The number of nitrogens with zero attached hydrogens (tertiary/aromatic N) is 2. The highest BCUT2D eigenvalue weighted by Gasteiger charge is 2.30. The number of carbonyl (C=O) groups is 1. The summed E-state index contributed by atoms with van der Waals surface area (Å²) in [4.78, 5) is 17.7. The van der Waals surface area contributed by atoms with E-state index in [2.05, 4.69) is 55.1 Å². The molecule has 0 radical (unpaired) electrons. The molecule has 0 unspecified atom stereocenters. The lowest BCUT2D eigenvalue weighted by Gasteiger charge is -2.37. The highest BCUT2D eigenvalue weighted by atomic mass is 16.2. The summed E-state index contributed by atoms with van der Waals surface area (Å²) in [6, 6.07) is 10.3. The van der Waals surface area contributed by atoms with E-state index in [1.165, 1.54) is 12.8 Å². The molecule has 0 aromatic heterocycles. The van der Waals surface area contributed by atoms with Gasteiger partial charge in [-0.25, -0.2) is 0 Å². The Bertz CT molecular complexity index is 509. The molecule has 4 heteroatoms. The van der Waals surface area contributed by atoms with Gasteiger partial charge in [-0.3, -0.25) is 9.69 Å². The van der Waals surface area contributed by atoms with Gasteiger partial charge >= 0.3 is 0 Å². The lowest BCUT2D eigenvalue weighted by atomic mass is 10.0. The van der Waals surface area contributed by atoms with Crippen LogP contribution >= 0.6 is 0 Å². The number of nitrogens with one attached hydrogen (secondary N) is 1. The predicted molar refractivity (Wildman–Crippen MR) is 105 cm³/mol. The van der Waals surface area contributed by atoms with Crippen molar-refractivity contribution in [2.45, 2.75) is 52.1 Å². The zero-order valence-electron chi connectivity index (χ0n) is 16.4. The van der Waals surface area contributed by atoms with Crippen LogP contribution in [0.4, 0.5) is 0 Å². The molecule has 1 saturated heterocycles. The third-order valence-electron chi connectivity index (χ3n) is 5.07. The summed E-state index contributed by atoms with van der Waals surface area (Å²) < 4.78 is 0. The molecular weight excluding hydrogens is 310 g/mol. The zero-order valence-corrected chi connectivity index (χ0v) is 16.4. The predicted octanol–water partition coefficient (Wildman–Crippen LogP) is 3.31. The number of hydrogen-bond acceptors (Lipinski definition) is 3. The molecule has 1 aliphatic heterocycles. The second kappa shape index (κ2) is 9.93. The number of piperazine rings is 1. The molecule has 0 bridgehead atoms. The summed E-state index contributed by atoms with van der Waals surface area (Å²) in [6.07, 6.45) is 3.44. The third kappa shape index (κ3) is 6.44. The van der Waals surface area contributed by atoms with Gasteiger partial charge in [-0.05, 0) is 31.9 Å². The van der Waals surface area contributed by atoms with Crippen molar-refractivity contribution in [2.75, 3.05) is 33.2 Å². The van der Waals surface area contributed by atoms with Crippen molar-refractivity contribution in [3.05, 3.63) is 35.9 Å². The van der Waals surface area contributed by atoms with Crippen molar-refractivity contribution < 1.29 is 4.79 Å². The van der Waals surface area contributed by atoms with Crippen LogP contribution in [0.3, 0.4) is 0 Å². The van der Waals surface area contributed by atoms with Crippen LogP contribution < -0.4 is 5.32 Å². The van der Waals surface area contributed by atoms with Gasteiger partial charge < -0.3 is 10.2 Å². The summed E-state index contributed by atoms with van der Waals surface area (Å²) in [5, 5.41) is 3.27. The highest BCUT2D eigenvalue weighted by molar-refractivity contribution is 5.83. The number of carbonyl (C=O) groups excluding carboxylic acids is 1. The average molecular weight is 346 g/mol. The molecule has 1 aromatic carbocycles. The van der Waals surface area contributed by atoms with E-state index >= 15 is 0 Å². The van der Waals surface area contributed by atoms with Gasteiger partial charge in [0.05, 0.1) is 0 Å². The van der Waals surface area contributed by atoms with Gasteiger partial charge in [-0.2, -0.15) is 0 Å². The fraction of sp³-hybridized carbons (Fsp3) is 0.667. The lowest BCUT2D eigenvalue weighted by molar-refractivity contribution is -0.128. The van der Waals surface area contributed by atoms with Gasteiger partial charge in [-0.15, -0.1) is 0 Å². The Morgan fingerprint density at radius 3 is 2.28 bits per heavy atom. The van der Waals surface area contributed by atoms with Crippen molar-refractivity contribution in [1.29, 1.82) is 0 Å². The SMILES string of the molecule is CC(C)CCC[C@@H](C)NC(=O)[C@H](c1ccccc1)N1CCN(C)CC1. The normalized spacial score (nSPS) is 18.9. The first-order valence-electron chi connectivity index (χ1n) is 9.75. The van der Waals surface area contributed by atoms with Gasteiger partial charge in [0.2, 0.25) is 5.91 Å². The Kier molecular flexibility index (Phi) is 7.91. The second-order valence-electron chi connectivity index (χ2n) is 7.89. The Hall–Kier alpha value is -1.39. The Balaban J connectivity index is 2.00. The summed E-state index contributed by atoms with van der Waals surface area (Å²) in [5.74, 6) is 0.873. The molecule has 1 aromatic rings. The van der Waals surface area contributed by atoms with E-state index in [0.29, 0.717) is 0 Å². The van der Waals surface area contributed by atoms with Crippen LogP contribution in [0.1, 0.15) is 51.6 Å². The van der Waals surface area contributed by atoms with Crippen LogP contribution in [0.15, 0.2) is 30.3 Å². The van der Waals surface area contributed by atoms with Gasteiger partial charge in [0.25, 0.3) is 0 Å². The molecular formula is C21H35N3O. The number of amides is 1. The van der Waals surface area contributed by atoms with Crippen LogP contribution in [0.2, 0.25) is 0 Å². The fourth-order valence-corrected chi connectivity index (χ4v) is 3.47. The van der Waals surface area contributed by atoms with Gasteiger partial charge in [0, 0.05) is 32.2 Å². The van der Waals surface area contributed by atoms with Crippen LogP contribution in [-0.2, 0) is 4.79 Å². The molecule has 1 heterocycles. The molecule has 25 heavy (non-hydrogen) atoms. The molecule has 4 nitrogen and oxygen atoms in total. The van der Waals surface area contributed by atoms with Crippen LogP contribution in [0.5, 0.6) is 0 Å². The smallest absolute Gasteiger partial charge is 0.242 e. The monoisotopic (exact) mass is 345 g/mol. The molecule has 1 aliphatic rings. The van der Waals surface area contributed by atoms with Crippen LogP contribution in [-0.4, -0.2) is 55.0 Å². The molecule has 1 amide bonds. The Labute approximate surface area is 153 Å². The fourth-order valence-electron chi connectivity index (χ4n) is 3.47. The van der Waals surface area contributed by atoms with Gasteiger partial charge in [0.15, 0.2) is 0 Å². The molecule has 1 fully saturated rings. The third-order valence-corrected chi connectivity index (χ3v) is 5.07. The van der Waals surface area contributed by atoms with Crippen molar-refractivity contribution in [3.63, 3.8) is 0 Å². The van der Waals surface area contributed by atoms with E-state index in [9.17, 15) is 4.79 Å². The first-order chi connectivity index (χ1) is 12.0. The number of rotatable bonds is 8. The summed E-state index contributed by atoms with van der Waals surface area (Å²) in [5.41, 5.74) is 1.10. The molecule has 1 N–H and O–H groups in total. The van der Waals surface area contributed by atoms with E-state index in [1.54, 1.807) is 0 Å². The molecule has 140 valence electrons. The van der Waals surface area contributed by atoms with E-state index in [4.69, 9.17) is 0 Å². The summed E-state index contributed by atoms with van der Waals surface area (Å²) in [7, 11) is 2.14. The zero-order chi connectivity index (χ0) is 18.2. The van der Waals surface area contributed by atoms with Crippen molar-refractivity contribution in [2.24, 2.45) is 5.92 Å². The highest BCUT2D eigenvalue weighted by Crippen LogP contribution is 2.23.